The number of hydrogen-bond donors (Lipinski definition) is 0. The van der Waals surface area contributed by atoms with Gasteiger partial charge in [-0.05, 0) is 61.1 Å². The summed E-state index contributed by atoms with van der Waals surface area (Å²) in [6, 6.07) is 16.2. The van der Waals surface area contributed by atoms with E-state index < -0.39 is 5.92 Å². The molecule has 34 heavy (non-hydrogen) atoms. The quantitative estimate of drug-likeness (QED) is 0.227. The molecule has 3 aromatic rings. The standard InChI is InChI=1S/C27H33N3O4/c1-19(2)14-21-6-10-24(11-7-21)30-17-23(16-28-30)18-34-25-12-8-22(9-13-25)15-26(27(31)32-4)20(3)29-33-5/h6-13,16-17,19,26H,14-15,18H2,1-5H3. The van der Waals surface area contributed by atoms with E-state index in [1.54, 1.807) is 6.92 Å². The van der Waals surface area contributed by atoms with E-state index in [0.717, 1.165) is 29.0 Å². The molecule has 0 amide bonds. The largest absolute Gasteiger partial charge is 0.489 e. The van der Waals surface area contributed by atoms with Crippen molar-refractivity contribution in [3.8, 4) is 11.4 Å². The summed E-state index contributed by atoms with van der Waals surface area (Å²) in [6.45, 7) is 6.61. The molecule has 0 aliphatic carbocycles. The molecule has 1 aromatic heterocycles. The fourth-order valence-corrected chi connectivity index (χ4v) is 3.71. The van der Waals surface area contributed by atoms with E-state index in [4.69, 9.17) is 14.3 Å². The third-order valence-corrected chi connectivity index (χ3v) is 5.47. The van der Waals surface area contributed by atoms with Crippen molar-refractivity contribution in [3.63, 3.8) is 0 Å². The zero-order valence-corrected chi connectivity index (χ0v) is 20.5. The number of esters is 1. The second-order valence-corrected chi connectivity index (χ2v) is 8.69. The Bertz CT molecular complexity index is 1090. The molecule has 0 aliphatic rings. The van der Waals surface area contributed by atoms with Crippen molar-refractivity contribution in [2.24, 2.45) is 17.0 Å². The topological polar surface area (TPSA) is 74.9 Å². The molecular weight excluding hydrogens is 430 g/mol. The van der Waals surface area contributed by atoms with Gasteiger partial charge in [0, 0.05) is 11.8 Å². The summed E-state index contributed by atoms with van der Waals surface area (Å²) in [7, 11) is 2.83. The van der Waals surface area contributed by atoms with Crippen LogP contribution in [0.25, 0.3) is 5.69 Å². The van der Waals surface area contributed by atoms with Crippen molar-refractivity contribution in [1.82, 2.24) is 9.78 Å². The van der Waals surface area contributed by atoms with E-state index in [9.17, 15) is 4.79 Å². The number of oxime groups is 1. The van der Waals surface area contributed by atoms with Gasteiger partial charge in [-0.1, -0.05) is 43.3 Å². The fraction of sp³-hybridized carbons (Fsp3) is 0.370. The smallest absolute Gasteiger partial charge is 0.314 e. The van der Waals surface area contributed by atoms with Crippen molar-refractivity contribution < 1.29 is 19.1 Å². The molecule has 0 aliphatic heterocycles. The van der Waals surface area contributed by atoms with Gasteiger partial charge in [0.15, 0.2) is 0 Å². The van der Waals surface area contributed by atoms with Gasteiger partial charge in [-0.2, -0.15) is 5.10 Å². The second-order valence-electron chi connectivity index (χ2n) is 8.69. The van der Waals surface area contributed by atoms with Crippen molar-refractivity contribution in [2.75, 3.05) is 14.2 Å². The highest BCUT2D eigenvalue weighted by Gasteiger charge is 2.23. The van der Waals surface area contributed by atoms with Crippen LogP contribution in [-0.4, -0.2) is 35.7 Å². The third-order valence-electron chi connectivity index (χ3n) is 5.47. The molecular formula is C27H33N3O4. The van der Waals surface area contributed by atoms with Gasteiger partial charge < -0.3 is 14.3 Å². The predicted octanol–water partition coefficient (Wildman–Crippen LogP) is 5.00. The summed E-state index contributed by atoms with van der Waals surface area (Å²) in [5.74, 6) is 0.537. The number of benzene rings is 2. The molecule has 7 nitrogen and oxygen atoms in total. The minimum atomic E-state index is -0.498. The van der Waals surface area contributed by atoms with Gasteiger partial charge in [-0.25, -0.2) is 4.68 Å². The summed E-state index contributed by atoms with van der Waals surface area (Å²) in [5.41, 5.74) is 4.88. The number of hydrogen-bond acceptors (Lipinski definition) is 6. The maximum atomic E-state index is 12.1. The lowest BCUT2D eigenvalue weighted by Crippen LogP contribution is -2.26. The number of aromatic nitrogens is 2. The van der Waals surface area contributed by atoms with Crippen molar-refractivity contribution in [3.05, 3.63) is 77.6 Å². The number of carbonyl (C=O) groups is 1. The normalized spacial score (nSPS) is 12.5. The van der Waals surface area contributed by atoms with E-state index in [-0.39, 0.29) is 5.97 Å². The van der Waals surface area contributed by atoms with Crippen LogP contribution in [-0.2, 0) is 33.8 Å². The molecule has 1 unspecified atom stereocenters. The van der Waals surface area contributed by atoms with E-state index in [1.807, 2.05) is 41.3 Å². The van der Waals surface area contributed by atoms with Crippen LogP contribution in [0.4, 0.5) is 0 Å². The SMILES string of the molecule is CON=C(C)C(Cc1ccc(OCc2cnn(-c3ccc(CC(C)C)cc3)c2)cc1)C(=O)OC. The van der Waals surface area contributed by atoms with E-state index in [1.165, 1.54) is 19.8 Å². The second kappa shape index (κ2) is 12.0. The third kappa shape index (κ3) is 6.94. The van der Waals surface area contributed by atoms with E-state index in [0.29, 0.717) is 24.7 Å². The Labute approximate surface area is 201 Å². The van der Waals surface area contributed by atoms with E-state index in [2.05, 4.69) is 48.4 Å². The molecule has 0 N–H and O–H groups in total. The molecule has 0 bridgehead atoms. The van der Waals surface area contributed by atoms with Crippen LogP contribution in [0.2, 0.25) is 0 Å². The molecule has 1 heterocycles. The molecule has 1 atom stereocenters. The molecule has 180 valence electrons. The summed E-state index contributed by atoms with van der Waals surface area (Å²) >= 11 is 0. The monoisotopic (exact) mass is 463 g/mol. The lowest BCUT2D eigenvalue weighted by atomic mass is 9.95. The Balaban J connectivity index is 1.58. The van der Waals surface area contributed by atoms with Crippen LogP contribution in [0.5, 0.6) is 5.75 Å². The minimum Gasteiger partial charge on any atom is -0.489 e. The fourth-order valence-electron chi connectivity index (χ4n) is 3.71. The van der Waals surface area contributed by atoms with Crippen molar-refractivity contribution >= 4 is 11.7 Å². The molecule has 0 radical (unpaired) electrons. The highest BCUT2D eigenvalue weighted by Crippen LogP contribution is 2.19. The summed E-state index contributed by atoms with van der Waals surface area (Å²) in [4.78, 5) is 16.9. The highest BCUT2D eigenvalue weighted by atomic mass is 16.6. The molecule has 3 rings (SSSR count). The first-order valence-corrected chi connectivity index (χ1v) is 11.4. The average Bonchev–Trinajstić information content (AvgIpc) is 3.31. The van der Waals surface area contributed by atoms with Gasteiger partial charge in [-0.15, -0.1) is 0 Å². The van der Waals surface area contributed by atoms with Gasteiger partial charge in [0.1, 0.15) is 25.4 Å². The zero-order chi connectivity index (χ0) is 24.5. The molecule has 7 heteroatoms. The summed E-state index contributed by atoms with van der Waals surface area (Å²) in [6.07, 6.45) is 5.33. The van der Waals surface area contributed by atoms with Gasteiger partial charge in [0.25, 0.3) is 0 Å². The van der Waals surface area contributed by atoms with Gasteiger partial charge in [0.2, 0.25) is 0 Å². The van der Waals surface area contributed by atoms with Crippen LogP contribution in [0.15, 0.2) is 66.1 Å². The predicted molar refractivity (Wildman–Crippen MR) is 132 cm³/mol. The van der Waals surface area contributed by atoms with Crippen molar-refractivity contribution in [2.45, 2.75) is 40.2 Å². The summed E-state index contributed by atoms with van der Waals surface area (Å²) < 4.78 is 12.7. The summed E-state index contributed by atoms with van der Waals surface area (Å²) in [5, 5.41) is 8.36. The molecule has 2 aromatic carbocycles. The highest BCUT2D eigenvalue weighted by molar-refractivity contribution is 6.00. The lowest BCUT2D eigenvalue weighted by Gasteiger charge is -2.14. The van der Waals surface area contributed by atoms with Crippen LogP contribution < -0.4 is 4.74 Å². The Kier molecular flexibility index (Phi) is 8.85. The van der Waals surface area contributed by atoms with Gasteiger partial charge >= 0.3 is 5.97 Å². The van der Waals surface area contributed by atoms with Gasteiger partial charge in [0.05, 0.1) is 24.7 Å². The van der Waals surface area contributed by atoms with Crippen LogP contribution in [0.1, 0.15) is 37.5 Å². The number of carbonyl (C=O) groups excluding carboxylic acids is 1. The molecule has 0 fully saturated rings. The maximum Gasteiger partial charge on any atom is 0.314 e. The van der Waals surface area contributed by atoms with E-state index >= 15 is 0 Å². The first-order valence-electron chi connectivity index (χ1n) is 11.4. The molecule has 0 saturated carbocycles. The van der Waals surface area contributed by atoms with Crippen LogP contribution in [0.3, 0.4) is 0 Å². The Hall–Kier alpha value is -3.61. The average molecular weight is 464 g/mol. The van der Waals surface area contributed by atoms with Crippen molar-refractivity contribution in [1.29, 1.82) is 0 Å². The lowest BCUT2D eigenvalue weighted by molar-refractivity contribution is -0.143. The Morgan fingerprint density at radius 3 is 2.24 bits per heavy atom. The minimum absolute atomic E-state index is 0.342. The number of ether oxygens (including phenoxy) is 2. The van der Waals surface area contributed by atoms with Gasteiger partial charge in [-0.3, -0.25) is 4.79 Å². The van der Waals surface area contributed by atoms with Crippen LogP contribution >= 0.6 is 0 Å². The number of nitrogens with zero attached hydrogens (tertiary/aromatic N) is 3. The Morgan fingerprint density at radius 1 is 0.971 bits per heavy atom. The maximum absolute atomic E-state index is 12.1. The first-order chi connectivity index (χ1) is 16.4. The Morgan fingerprint density at radius 2 is 1.62 bits per heavy atom. The zero-order valence-electron chi connectivity index (χ0n) is 20.5. The van der Waals surface area contributed by atoms with Crippen LogP contribution in [0, 0.1) is 11.8 Å². The molecule has 0 spiro atoms. The number of methoxy groups -OCH3 is 1. The molecule has 0 saturated heterocycles. The first kappa shape index (κ1) is 25.0. The number of rotatable bonds is 11.